The first-order chi connectivity index (χ1) is 6.20. The van der Waals surface area contributed by atoms with Crippen molar-refractivity contribution in [3.63, 3.8) is 0 Å². The summed E-state index contributed by atoms with van der Waals surface area (Å²) in [4.78, 5) is 0. The summed E-state index contributed by atoms with van der Waals surface area (Å²) in [6, 6.07) is 0. The molecule has 0 aliphatic heterocycles. The highest BCUT2D eigenvalue weighted by Crippen LogP contribution is 2.33. The topological polar surface area (TPSA) is 58.3 Å². The maximum absolute atomic E-state index is 8.73. The number of aliphatic hydroxyl groups is 1. The minimum atomic E-state index is 0.0355. The molecule has 1 atom stereocenters. The SMILES string of the molecule is CC(CN)(CC1CCC1)NCCO. The normalized spacial score (nSPS) is 22.4. The fourth-order valence-electron chi connectivity index (χ4n) is 1.92. The van der Waals surface area contributed by atoms with Crippen LogP contribution in [0.25, 0.3) is 0 Å². The summed E-state index contributed by atoms with van der Waals surface area (Å²) in [7, 11) is 0. The molecule has 0 amide bonds. The molecule has 1 aliphatic carbocycles. The van der Waals surface area contributed by atoms with Crippen molar-refractivity contribution in [3.8, 4) is 0 Å². The van der Waals surface area contributed by atoms with Crippen LogP contribution in [-0.2, 0) is 0 Å². The van der Waals surface area contributed by atoms with E-state index in [0.717, 1.165) is 12.3 Å². The number of nitrogens with one attached hydrogen (secondary N) is 1. The van der Waals surface area contributed by atoms with Gasteiger partial charge in [-0.15, -0.1) is 0 Å². The minimum Gasteiger partial charge on any atom is -0.395 e. The Balaban J connectivity index is 2.28. The summed E-state index contributed by atoms with van der Waals surface area (Å²) in [6.45, 7) is 3.66. The second-order valence-electron chi connectivity index (χ2n) is 4.42. The zero-order chi connectivity index (χ0) is 9.73. The molecule has 0 bridgehead atoms. The standard InChI is InChI=1S/C10H22N2O/c1-10(8-11,12-5-6-13)7-9-3-2-4-9/h9,12-13H,2-8,11H2,1H3. The molecule has 0 aromatic rings. The van der Waals surface area contributed by atoms with Crippen molar-refractivity contribution in [2.24, 2.45) is 11.7 Å². The Hall–Kier alpha value is -0.120. The second kappa shape index (κ2) is 4.94. The van der Waals surface area contributed by atoms with Crippen molar-refractivity contribution < 1.29 is 5.11 Å². The molecule has 0 heterocycles. The van der Waals surface area contributed by atoms with E-state index in [4.69, 9.17) is 10.8 Å². The Kier molecular flexibility index (Phi) is 4.16. The zero-order valence-corrected chi connectivity index (χ0v) is 8.55. The molecule has 0 aromatic heterocycles. The molecule has 1 unspecified atom stereocenters. The predicted octanol–water partition coefficient (Wildman–Crippen LogP) is 0.476. The Morgan fingerprint density at radius 1 is 1.54 bits per heavy atom. The molecule has 1 rings (SSSR count). The number of rotatable bonds is 6. The first-order valence-electron chi connectivity index (χ1n) is 5.26. The Labute approximate surface area is 80.7 Å². The van der Waals surface area contributed by atoms with Crippen molar-refractivity contribution in [1.82, 2.24) is 5.32 Å². The highest BCUT2D eigenvalue weighted by atomic mass is 16.3. The van der Waals surface area contributed by atoms with E-state index in [9.17, 15) is 0 Å². The fraction of sp³-hybridized carbons (Fsp3) is 1.00. The molecular formula is C10H22N2O. The molecule has 4 N–H and O–H groups in total. The van der Waals surface area contributed by atoms with Gasteiger partial charge in [0.25, 0.3) is 0 Å². The van der Waals surface area contributed by atoms with Crippen LogP contribution >= 0.6 is 0 Å². The number of nitrogens with two attached hydrogens (primary N) is 1. The van der Waals surface area contributed by atoms with Gasteiger partial charge in [0.15, 0.2) is 0 Å². The van der Waals surface area contributed by atoms with E-state index in [2.05, 4.69) is 12.2 Å². The van der Waals surface area contributed by atoms with E-state index in [-0.39, 0.29) is 12.1 Å². The van der Waals surface area contributed by atoms with E-state index < -0.39 is 0 Å². The van der Waals surface area contributed by atoms with Gasteiger partial charge in [-0.3, -0.25) is 0 Å². The molecule has 1 saturated carbocycles. The third kappa shape index (κ3) is 3.25. The minimum absolute atomic E-state index is 0.0355. The van der Waals surface area contributed by atoms with Crippen molar-refractivity contribution in [3.05, 3.63) is 0 Å². The molecule has 0 radical (unpaired) electrons. The van der Waals surface area contributed by atoms with Gasteiger partial charge in [0.1, 0.15) is 0 Å². The van der Waals surface area contributed by atoms with Crippen LogP contribution in [0.15, 0.2) is 0 Å². The van der Waals surface area contributed by atoms with Crippen LogP contribution in [0.3, 0.4) is 0 Å². The summed E-state index contributed by atoms with van der Waals surface area (Å²) in [5, 5.41) is 12.0. The predicted molar refractivity (Wildman–Crippen MR) is 54.5 cm³/mol. The maximum atomic E-state index is 8.73. The molecule has 0 spiro atoms. The highest BCUT2D eigenvalue weighted by Gasteiger charge is 2.29. The average Bonchev–Trinajstić information content (AvgIpc) is 2.08. The van der Waals surface area contributed by atoms with Crippen LogP contribution in [0.1, 0.15) is 32.6 Å². The Morgan fingerprint density at radius 2 is 2.23 bits per heavy atom. The van der Waals surface area contributed by atoms with Gasteiger partial charge >= 0.3 is 0 Å². The monoisotopic (exact) mass is 186 g/mol. The molecule has 1 aliphatic rings. The lowest BCUT2D eigenvalue weighted by atomic mass is 9.76. The molecule has 78 valence electrons. The first-order valence-corrected chi connectivity index (χ1v) is 5.26. The highest BCUT2D eigenvalue weighted by molar-refractivity contribution is 4.88. The molecule has 13 heavy (non-hydrogen) atoms. The number of aliphatic hydroxyl groups excluding tert-OH is 1. The van der Waals surface area contributed by atoms with Crippen molar-refractivity contribution in [1.29, 1.82) is 0 Å². The van der Waals surface area contributed by atoms with Gasteiger partial charge in [-0.25, -0.2) is 0 Å². The van der Waals surface area contributed by atoms with Gasteiger partial charge in [0, 0.05) is 18.6 Å². The van der Waals surface area contributed by atoms with Gasteiger partial charge in [-0.1, -0.05) is 19.3 Å². The fourth-order valence-corrected chi connectivity index (χ4v) is 1.92. The summed E-state index contributed by atoms with van der Waals surface area (Å²) < 4.78 is 0. The van der Waals surface area contributed by atoms with Gasteiger partial charge in [0.2, 0.25) is 0 Å². The Morgan fingerprint density at radius 3 is 2.62 bits per heavy atom. The van der Waals surface area contributed by atoms with Crippen molar-refractivity contribution in [2.75, 3.05) is 19.7 Å². The van der Waals surface area contributed by atoms with Gasteiger partial charge < -0.3 is 16.2 Å². The average molecular weight is 186 g/mol. The summed E-state index contributed by atoms with van der Waals surface area (Å²) >= 11 is 0. The molecule has 0 saturated heterocycles. The lowest BCUT2D eigenvalue weighted by Gasteiger charge is -2.37. The van der Waals surface area contributed by atoms with Crippen LogP contribution in [0, 0.1) is 5.92 Å². The summed E-state index contributed by atoms with van der Waals surface area (Å²) in [5.41, 5.74) is 5.77. The molecule has 3 nitrogen and oxygen atoms in total. The molecule has 1 fully saturated rings. The molecule has 0 aromatic carbocycles. The van der Waals surface area contributed by atoms with E-state index >= 15 is 0 Å². The summed E-state index contributed by atoms with van der Waals surface area (Å²) in [6.07, 6.45) is 5.25. The van der Waals surface area contributed by atoms with Crippen molar-refractivity contribution >= 4 is 0 Å². The lowest BCUT2D eigenvalue weighted by Crippen LogP contribution is -2.51. The van der Waals surface area contributed by atoms with Gasteiger partial charge in [0.05, 0.1) is 6.61 Å². The van der Waals surface area contributed by atoms with Crippen LogP contribution in [0.4, 0.5) is 0 Å². The van der Waals surface area contributed by atoms with Gasteiger partial charge in [-0.05, 0) is 19.3 Å². The number of hydrogen-bond donors (Lipinski definition) is 3. The van der Waals surface area contributed by atoms with Gasteiger partial charge in [-0.2, -0.15) is 0 Å². The third-order valence-corrected chi connectivity index (χ3v) is 3.08. The van der Waals surface area contributed by atoms with Crippen LogP contribution in [0.2, 0.25) is 0 Å². The quantitative estimate of drug-likeness (QED) is 0.565. The summed E-state index contributed by atoms with van der Waals surface area (Å²) in [5.74, 6) is 0.861. The number of β-amino-alcohol motifs (C(OH)–C–C–N with tert-alkyl or cyclic N) is 1. The second-order valence-corrected chi connectivity index (χ2v) is 4.42. The van der Waals surface area contributed by atoms with Crippen LogP contribution < -0.4 is 11.1 Å². The van der Waals surface area contributed by atoms with E-state index in [1.165, 1.54) is 19.3 Å². The van der Waals surface area contributed by atoms with Crippen LogP contribution in [-0.4, -0.2) is 30.3 Å². The zero-order valence-electron chi connectivity index (χ0n) is 8.55. The largest absolute Gasteiger partial charge is 0.395 e. The molecule has 3 heteroatoms. The Bertz CT molecular complexity index is 148. The van der Waals surface area contributed by atoms with E-state index in [1.54, 1.807) is 0 Å². The van der Waals surface area contributed by atoms with Crippen molar-refractivity contribution in [2.45, 2.75) is 38.1 Å². The van der Waals surface area contributed by atoms with E-state index in [0.29, 0.717) is 13.1 Å². The first kappa shape index (κ1) is 11.0. The van der Waals surface area contributed by atoms with E-state index in [1.807, 2.05) is 0 Å². The molecular weight excluding hydrogens is 164 g/mol. The maximum Gasteiger partial charge on any atom is 0.0556 e. The lowest BCUT2D eigenvalue weighted by molar-refractivity contribution is 0.193. The smallest absolute Gasteiger partial charge is 0.0556 e. The third-order valence-electron chi connectivity index (χ3n) is 3.08. The number of hydrogen-bond acceptors (Lipinski definition) is 3. The van der Waals surface area contributed by atoms with Crippen LogP contribution in [0.5, 0.6) is 0 Å².